The highest BCUT2D eigenvalue weighted by Crippen LogP contribution is 2.33. The molecule has 0 bridgehead atoms. The third kappa shape index (κ3) is 4.00. The standard InChI is InChI=1S/C19H26N6.BrH/c20-10-3-4-11-25(17-9-5-8-16-19(17)22-13-21-16)12-18-23-14-6-1-2-7-15(14)24-18;/h1-2,6-7,13,17H,3-5,8-12,20H2,(H,21,22)(H,23,24);1H. The van der Waals surface area contributed by atoms with Crippen molar-refractivity contribution in [1.29, 1.82) is 0 Å². The van der Waals surface area contributed by atoms with E-state index in [1.807, 2.05) is 18.5 Å². The first-order chi connectivity index (χ1) is 12.3. The molecule has 1 aliphatic rings. The molecule has 0 aliphatic heterocycles. The summed E-state index contributed by atoms with van der Waals surface area (Å²) in [6.07, 6.45) is 7.45. The van der Waals surface area contributed by atoms with E-state index in [9.17, 15) is 0 Å². The van der Waals surface area contributed by atoms with Gasteiger partial charge in [-0.3, -0.25) is 4.90 Å². The number of aromatic nitrogens is 4. The van der Waals surface area contributed by atoms with E-state index in [4.69, 9.17) is 10.7 Å². The zero-order valence-electron chi connectivity index (χ0n) is 14.9. The molecular formula is C19H27BrN6. The van der Waals surface area contributed by atoms with Crippen LogP contribution in [0.1, 0.15) is 48.9 Å². The van der Waals surface area contributed by atoms with E-state index < -0.39 is 0 Å². The quantitative estimate of drug-likeness (QED) is 0.512. The number of imidazole rings is 2. The number of nitrogens with zero attached hydrogens (tertiary/aromatic N) is 3. The molecule has 6 nitrogen and oxygen atoms in total. The largest absolute Gasteiger partial charge is 0.348 e. The van der Waals surface area contributed by atoms with Gasteiger partial charge in [0.15, 0.2) is 0 Å². The lowest BCUT2D eigenvalue weighted by Crippen LogP contribution is -2.32. The van der Waals surface area contributed by atoms with Crippen LogP contribution in [0.5, 0.6) is 0 Å². The molecule has 26 heavy (non-hydrogen) atoms. The van der Waals surface area contributed by atoms with E-state index in [0.717, 1.165) is 62.2 Å². The minimum atomic E-state index is 0. The summed E-state index contributed by atoms with van der Waals surface area (Å²) in [5, 5.41) is 0. The number of hydrogen-bond donors (Lipinski definition) is 3. The lowest BCUT2D eigenvalue weighted by molar-refractivity contribution is 0.160. The Morgan fingerprint density at radius 3 is 2.96 bits per heavy atom. The predicted octanol–water partition coefficient (Wildman–Crippen LogP) is 3.48. The van der Waals surface area contributed by atoms with Crippen molar-refractivity contribution in [2.24, 2.45) is 5.73 Å². The topological polar surface area (TPSA) is 86.6 Å². The highest BCUT2D eigenvalue weighted by atomic mass is 79.9. The van der Waals surface area contributed by atoms with Gasteiger partial charge in [0.25, 0.3) is 0 Å². The third-order valence-electron chi connectivity index (χ3n) is 5.10. The first kappa shape index (κ1) is 19.1. The number of benzene rings is 1. The van der Waals surface area contributed by atoms with Gasteiger partial charge in [-0.05, 0) is 57.3 Å². The van der Waals surface area contributed by atoms with Crippen molar-refractivity contribution in [3.63, 3.8) is 0 Å². The summed E-state index contributed by atoms with van der Waals surface area (Å²) in [5.41, 5.74) is 10.3. The highest BCUT2D eigenvalue weighted by Gasteiger charge is 2.28. The van der Waals surface area contributed by atoms with E-state index in [-0.39, 0.29) is 17.0 Å². The molecule has 4 N–H and O–H groups in total. The Hall–Kier alpha value is -1.70. The smallest absolute Gasteiger partial charge is 0.121 e. The summed E-state index contributed by atoms with van der Waals surface area (Å²) in [7, 11) is 0. The molecule has 0 amide bonds. The fourth-order valence-electron chi connectivity index (χ4n) is 3.86. The van der Waals surface area contributed by atoms with Crippen molar-refractivity contribution in [3.8, 4) is 0 Å². The van der Waals surface area contributed by atoms with Crippen LogP contribution in [0.25, 0.3) is 11.0 Å². The van der Waals surface area contributed by atoms with Gasteiger partial charge < -0.3 is 15.7 Å². The fourth-order valence-corrected chi connectivity index (χ4v) is 3.86. The third-order valence-corrected chi connectivity index (χ3v) is 5.10. The number of rotatable bonds is 7. The number of unbranched alkanes of at least 4 members (excludes halogenated alkanes) is 1. The average molecular weight is 419 g/mol. The molecule has 0 spiro atoms. The van der Waals surface area contributed by atoms with Gasteiger partial charge in [-0.1, -0.05) is 12.1 Å². The SMILES string of the molecule is Br.NCCCCN(Cc1nc2ccccc2[nH]1)C1CCCc2[nH]cnc21. The summed E-state index contributed by atoms with van der Waals surface area (Å²) in [4.78, 5) is 18.7. The van der Waals surface area contributed by atoms with Crippen molar-refractivity contribution < 1.29 is 0 Å². The maximum atomic E-state index is 5.70. The second kappa shape index (κ2) is 8.79. The van der Waals surface area contributed by atoms with Crippen LogP contribution in [-0.2, 0) is 13.0 Å². The Bertz CT molecular complexity index is 793. The molecule has 0 saturated carbocycles. The molecule has 0 fully saturated rings. The van der Waals surface area contributed by atoms with Gasteiger partial charge in [-0.2, -0.15) is 0 Å². The maximum Gasteiger partial charge on any atom is 0.121 e. The Morgan fingerprint density at radius 2 is 2.12 bits per heavy atom. The Morgan fingerprint density at radius 1 is 1.23 bits per heavy atom. The van der Waals surface area contributed by atoms with Crippen LogP contribution in [0, 0.1) is 0 Å². The molecular weight excluding hydrogens is 392 g/mol. The lowest BCUT2D eigenvalue weighted by atomic mass is 9.94. The normalized spacial score (nSPS) is 16.6. The number of aryl methyl sites for hydroxylation is 1. The summed E-state index contributed by atoms with van der Waals surface area (Å²) in [6.45, 7) is 2.58. The minimum Gasteiger partial charge on any atom is -0.348 e. The van der Waals surface area contributed by atoms with Gasteiger partial charge in [0.05, 0.1) is 35.6 Å². The second-order valence-corrected chi connectivity index (χ2v) is 6.84. The van der Waals surface area contributed by atoms with Gasteiger partial charge >= 0.3 is 0 Å². The first-order valence-electron chi connectivity index (χ1n) is 9.25. The number of nitrogens with one attached hydrogen (secondary N) is 2. The summed E-state index contributed by atoms with van der Waals surface area (Å²) in [6, 6.07) is 8.57. The number of H-pyrrole nitrogens is 2. The molecule has 1 aliphatic carbocycles. The van der Waals surface area contributed by atoms with Crippen LogP contribution in [0.2, 0.25) is 0 Å². The first-order valence-corrected chi connectivity index (χ1v) is 9.25. The highest BCUT2D eigenvalue weighted by molar-refractivity contribution is 8.93. The minimum absolute atomic E-state index is 0. The van der Waals surface area contributed by atoms with Crippen molar-refractivity contribution in [1.82, 2.24) is 24.8 Å². The van der Waals surface area contributed by atoms with Crippen molar-refractivity contribution in [3.05, 3.63) is 47.8 Å². The van der Waals surface area contributed by atoms with Crippen molar-refractivity contribution in [2.45, 2.75) is 44.7 Å². The molecule has 4 rings (SSSR count). The number of hydrogen-bond acceptors (Lipinski definition) is 4. The number of halogens is 1. The molecule has 7 heteroatoms. The zero-order valence-corrected chi connectivity index (χ0v) is 16.7. The number of nitrogens with two attached hydrogens (primary N) is 1. The molecule has 0 saturated heterocycles. The van der Waals surface area contributed by atoms with Crippen LogP contribution < -0.4 is 5.73 Å². The van der Waals surface area contributed by atoms with E-state index in [0.29, 0.717) is 6.04 Å². The monoisotopic (exact) mass is 418 g/mol. The van der Waals surface area contributed by atoms with E-state index >= 15 is 0 Å². The van der Waals surface area contributed by atoms with E-state index in [2.05, 4.69) is 32.0 Å². The average Bonchev–Trinajstić information content (AvgIpc) is 3.26. The van der Waals surface area contributed by atoms with Crippen molar-refractivity contribution >= 4 is 28.0 Å². The number of para-hydroxylation sites is 2. The fraction of sp³-hybridized carbons (Fsp3) is 0.474. The van der Waals surface area contributed by atoms with Crippen LogP contribution in [0.15, 0.2) is 30.6 Å². The van der Waals surface area contributed by atoms with Crippen LogP contribution >= 0.6 is 17.0 Å². The Balaban J connectivity index is 0.00000196. The summed E-state index contributed by atoms with van der Waals surface area (Å²) in [5.74, 6) is 1.02. The molecule has 140 valence electrons. The maximum absolute atomic E-state index is 5.70. The lowest BCUT2D eigenvalue weighted by Gasteiger charge is -2.33. The predicted molar refractivity (Wildman–Crippen MR) is 109 cm³/mol. The van der Waals surface area contributed by atoms with E-state index in [1.165, 1.54) is 17.8 Å². The van der Waals surface area contributed by atoms with Crippen LogP contribution in [0.3, 0.4) is 0 Å². The second-order valence-electron chi connectivity index (χ2n) is 6.84. The summed E-state index contributed by atoms with van der Waals surface area (Å²) >= 11 is 0. The van der Waals surface area contributed by atoms with Crippen molar-refractivity contribution in [2.75, 3.05) is 13.1 Å². The molecule has 1 unspecified atom stereocenters. The van der Waals surface area contributed by atoms with E-state index in [1.54, 1.807) is 0 Å². The Kier molecular flexibility index (Phi) is 6.45. The molecule has 3 aromatic rings. The zero-order chi connectivity index (χ0) is 17.1. The van der Waals surface area contributed by atoms with Gasteiger partial charge in [0.1, 0.15) is 5.82 Å². The van der Waals surface area contributed by atoms with Gasteiger partial charge in [-0.25, -0.2) is 9.97 Å². The molecule has 0 radical (unpaired) electrons. The Labute approximate surface area is 164 Å². The molecule has 2 heterocycles. The van der Waals surface area contributed by atoms with Crippen LogP contribution in [0.4, 0.5) is 0 Å². The van der Waals surface area contributed by atoms with Gasteiger partial charge in [0, 0.05) is 5.69 Å². The summed E-state index contributed by atoms with van der Waals surface area (Å²) < 4.78 is 0. The molecule has 1 aromatic carbocycles. The van der Waals surface area contributed by atoms with Gasteiger partial charge in [0.2, 0.25) is 0 Å². The molecule has 2 aromatic heterocycles. The van der Waals surface area contributed by atoms with Crippen LogP contribution in [-0.4, -0.2) is 37.9 Å². The number of fused-ring (bicyclic) bond motifs is 2. The number of aromatic amines is 2. The van der Waals surface area contributed by atoms with Gasteiger partial charge in [-0.15, -0.1) is 17.0 Å². The molecule has 1 atom stereocenters.